The lowest BCUT2D eigenvalue weighted by Gasteiger charge is -2.26. The Bertz CT molecular complexity index is 906. The van der Waals surface area contributed by atoms with E-state index in [4.69, 9.17) is 9.47 Å². The van der Waals surface area contributed by atoms with E-state index in [9.17, 15) is 13.2 Å². The van der Waals surface area contributed by atoms with E-state index < -0.39 is 10.0 Å². The number of carbonyl (C=O) groups is 1. The van der Waals surface area contributed by atoms with Gasteiger partial charge in [-0.3, -0.25) is 4.79 Å². The van der Waals surface area contributed by atoms with E-state index in [0.717, 1.165) is 5.56 Å². The maximum atomic E-state index is 12.7. The Balaban J connectivity index is 1.67. The van der Waals surface area contributed by atoms with Gasteiger partial charge in [0.25, 0.3) is 5.91 Å². The monoisotopic (exact) mass is 404 g/mol. The van der Waals surface area contributed by atoms with Crippen LogP contribution in [0.4, 0.5) is 0 Å². The molecular weight excluding hydrogens is 380 g/mol. The SMILES string of the molecule is COc1ccc(C(=O)NCc2ccccc2CS(=O)(=O)N2CCOCC2)cc1. The van der Waals surface area contributed by atoms with Crippen LogP contribution < -0.4 is 10.1 Å². The van der Waals surface area contributed by atoms with Crippen LogP contribution in [0.3, 0.4) is 0 Å². The molecule has 7 nitrogen and oxygen atoms in total. The lowest BCUT2D eigenvalue weighted by molar-refractivity contribution is 0.0729. The first-order valence-corrected chi connectivity index (χ1v) is 10.6. The van der Waals surface area contributed by atoms with Gasteiger partial charge in [-0.05, 0) is 35.4 Å². The summed E-state index contributed by atoms with van der Waals surface area (Å²) in [6, 6.07) is 14.1. The molecule has 3 rings (SSSR count). The minimum Gasteiger partial charge on any atom is -0.497 e. The first kappa shape index (κ1) is 20.3. The molecule has 1 saturated heterocycles. The normalized spacial score (nSPS) is 15.2. The third-order valence-electron chi connectivity index (χ3n) is 4.61. The van der Waals surface area contributed by atoms with E-state index >= 15 is 0 Å². The Labute approximate surface area is 165 Å². The largest absolute Gasteiger partial charge is 0.497 e. The average molecular weight is 404 g/mol. The number of sulfonamides is 1. The highest BCUT2D eigenvalue weighted by Gasteiger charge is 2.25. The molecule has 8 heteroatoms. The topological polar surface area (TPSA) is 84.9 Å². The van der Waals surface area contributed by atoms with Gasteiger partial charge in [-0.25, -0.2) is 8.42 Å². The van der Waals surface area contributed by atoms with Gasteiger partial charge in [0, 0.05) is 25.2 Å². The Kier molecular flexibility index (Phi) is 6.66. The summed E-state index contributed by atoms with van der Waals surface area (Å²) in [5, 5.41) is 2.85. The number of benzene rings is 2. The molecular formula is C20H24N2O5S. The summed E-state index contributed by atoms with van der Waals surface area (Å²) in [5.74, 6) is 0.352. The quantitative estimate of drug-likeness (QED) is 0.761. The predicted octanol–water partition coefficient (Wildman–Crippen LogP) is 1.79. The molecule has 2 aromatic rings. The van der Waals surface area contributed by atoms with Crippen molar-refractivity contribution >= 4 is 15.9 Å². The summed E-state index contributed by atoms with van der Waals surface area (Å²) in [4.78, 5) is 12.4. The molecule has 1 aliphatic heterocycles. The summed E-state index contributed by atoms with van der Waals surface area (Å²) in [7, 11) is -1.86. The highest BCUT2D eigenvalue weighted by molar-refractivity contribution is 7.88. The minimum absolute atomic E-state index is 0.0957. The van der Waals surface area contributed by atoms with Crippen LogP contribution in [0.25, 0.3) is 0 Å². The molecule has 0 radical (unpaired) electrons. The third-order valence-corrected chi connectivity index (χ3v) is 6.44. The zero-order valence-corrected chi connectivity index (χ0v) is 16.6. The molecule has 150 valence electrons. The molecule has 28 heavy (non-hydrogen) atoms. The summed E-state index contributed by atoms with van der Waals surface area (Å²) in [6.07, 6.45) is 0. The molecule has 0 aromatic heterocycles. The first-order chi connectivity index (χ1) is 13.5. The standard InChI is InChI=1S/C20H24N2O5S/c1-26-19-8-6-16(7-9-19)20(23)21-14-17-4-2-3-5-18(17)15-28(24,25)22-10-12-27-13-11-22/h2-9H,10-15H2,1H3,(H,21,23). The highest BCUT2D eigenvalue weighted by atomic mass is 32.2. The van der Waals surface area contributed by atoms with Crippen LogP contribution in [-0.2, 0) is 27.1 Å². The fraction of sp³-hybridized carbons (Fsp3) is 0.350. The Morgan fingerprint density at radius 2 is 1.71 bits per heavy atom. The Morgan fingerprint density at radius 1 is 1.07 bits per heavy atom. The van der Waals surface area contributed by atoms with Crippen molar-refractivity contribution in [2.45, 2.75) is 12.3 Å². The number of ether oxygens (including phenoxy) is 2. The third kappa shape index (κ3) is 5.09. The van der Waals surface area contributed by atoms with Crippen molar-refractivity contribution in [1.29, 1.82) is 0 Å². The molecule has 1 fully saturated rings. The van der Waals surface area contributed by atoms with Crippen LogP contribution in [0, 0.1) is 0 Å². The van der Waals surface area contributed by atoms with Crippen LogP contribution >= 0.6 is 0 Å². The fourth-order valence-electron chi connectivity index (χ4n) is 3.00. The number of nitrogens with one attached hydrogen (secondary N) is 1. The Morgan fingerprint density at radius 3 is 2.36 bits per heavy atom. The zero-order valence-electron chi connectivity index (χ0n) is 15.8. The number of carbonyl (C=O) groups excluding carboxylic acids is 1. The molecule has 2 aromatic carbocycles. The van der Waals surface area contributed by atoms with Crippen molar-refractivity contribution in [3.05, 3.63) is 65.2 Å². The van der Waals surface area contributed by atoms with Crippen LogP contribution in [0.1, 0.15) is 21.5 Å². The summed E-state index contributed by atoms with van der Waals surface area (Å²) in [5.41, 5.74) is 1.98. The second-order valence-electron chi connectivity index (χ2n) is 6.45. The maximum Gasteiger partial charge on any atom is 0.251 e. The van der Waals surface area contributed by atoms with Crippen molar-refractivity contribution in [2.75, 3.05) is 33.4 Å². The second-order valence-corrected chi connectivity index (χ2v) is 8.42. The molecule has 0 bridgehead atoms. The maximum absolute atomic E-state index is 12.7. The first-order valence-electron chi connectivity index (χ1n) is 9.04. The van der Waals surface area contributed by atoms with Crippen LogP contribution in [0.2, 0.25) is 0 Å². The van der Waals surface area contributed by atoms with Crippen LogP contribution in [0.15, 0.2) is 48.5 Å². The van der Waals surface area contributed by atoms with Gasteiger partial charge in [0.15, 0.2) is 0 Å². The molecule has 0 saturated carbocycles. The van der Waals surface area contributed by atoms with E-state index in [1.165, 1.54) is 4.31 Å². The van der Waals surface area contributed by atoms with E-state index in [1.54, 1.807) is 43.5 Å². The molecule has 0 atom stereocenters. The number of rotatable bonds is 7. The summed E-state index contributed by atoms with van der Waals surface area (Å²) in [6.45, 7) is 1.83. The lowest BCUT2D eigenvalue weighted by Crippen LogP contribution is -2.41. The fourth-order valence-corrected chi connectivity index (χ4v) is 4.57. The molecule has 0 aliphatic carbocycles. The number of methoxy groups -OCH3 is 1. The summed E-state index contributed by atoms with van der Waals surface area (Å²) < 4.78 is 37.2. The van der Waals surface area contributed by atoms with Gasteiger partial charge < -0.3 is 14.8 Å². The van der Waals surface area contributed by atoms with Gasteiger partial charge in [0.1, 0.15) is 5.75 Å². The molecule has 1 N–H and O–H groups in total. The van der Waals surface area contributed by atoms with Crippen molar-refractivity contribution in [2.24, 2.45) is 0 Å². The van der Waals surface area contributed by atoms with E-state index in [1.807, 2.05) is 12.1 Å². The summed E-state index contributed by atoms with van der Waals surface area (Å²) >= 11 is 0. The molecule has 1 amide bonds. The average Bonchev–Trinajstić information content (AvgIpc) is 2.73. The molecule has 0 unspecified atom stereocenters. The van der Waals surface area contributed by atoms with Crippen LogP contribution in [-0.4, -0.2) is 52.0 Å². The Hall–Kier alpha value is -2.42. The van der Waals surface area contributed by atoms with Gasteiger partial charge in [0.2, 0.25) is 10.0 Å². The number of amides is 1. The van der Waals surface area contributed by atoms with Crippen molar-refractivity contribution in [3.63, 3.8) is 0 Å². The zero-order chi connectivity index (χ0) is 20.0. The van der Waals surface area contributed by atoms with E-state index in [-0.39, 0.29) is 18.2 Å². The molecule has 1 heterocycles. The number of hydrogen-bond donors (Lipinski definition) is 1. The van der Waals surface area contributed by atoms with Crippen molar-refractivity contribution in [3.8, 4) is 5.75 Å². The van der Waals surface area contributed by atoms with Crippen LogP contribution in [0.5, 0.6) is 5.75 Å². The smallest absolute Gasteiger partial charge is 0.251 e. The van der Waals surface area contributed by atoms with Gasteiger partial charge in [-0.15, -0.1) is 0 Å². The lowest BCUT2D eigenvalue weighted by atomic mass is 10.1. The van der Waals surface area contributed by atoms with E-state index in [0.29, 0.717) is 43.2 Å². The van der Waals surface area contributed by atoms with Gasteiger partial charge in [-0.1, -0.05) is 24.3 Å². The van der Waals surface area contributed by atoms with Gasteiger partial charge in [-0.2, -0.15) is 4.31 Å². The van der Waals surface area contributed by atoms with Crippen molar-refractivity contribution < 1.29 is 22.7 Å². The second kappa shape index (κ2) is 9.18. The predicted molar refractivity (Wildman–Crippen MR) is 106 cm³/mol. The van der Waals surface area contributed by atoms with E-state index in [2.05, 4.69) is 5.32 Å². The number of nitrogens with zero attached hydrogens (tertiary/aromatic N) is 1. The highest BCUT2D eigenvalue weighted by Crippen LogP contribution is 2.17. The number of hydrogen-bond acceptors (Lipinski definition) is 5. The molecule has 1 aliphatic rings. The number of morpholine rings is 1. The minimum atomic E-state index is -3.43. The van der Waals surface area contributed by atoms with Gasteiger partial charge >= 0.3 is 0 Å². The molecule has 0 spiro atoms. The van der Waals surface area contributed by atoms with Crippen molar-refractivity contribution in [1.82, 2.24) is 9.62 Å². The van der Waals surface area contributed by atoms with Gasteiger partial charge in [0.05, 0.1) is 26.1 Å².